The molecule has 6 rings (SSSR count). The molecule has 2 aliphatic rings. The summed E-state index contributed by atoms with van der Waals surface area (Å²) in [7, 11) is 0. The van der Waals surface area contributed by atoms with E-state index >= 15 is 0 Å². The zero-order valence-corrected chi connectivity index (χ0v) is 26.3. The molecule has 3 atom stereocenters. The van der Waals surface area contributed by atoms with Crippen LogP contribution in [0.3, 0.4) is 0 Å². The van der Waals surface area contributed by atoms with Gasteiger partial charge in [-0.1, -0.05) is 74.4 Å². The molecule has 1 aromatic heterocycles. The largest absolute Gasteiger partial charge is 0.324 e. The Labute approximate surface area is 269 Å². The van der Waals surface area contributed by atoms with Gasteiger partial charge in [0, 0.05) is 33.1 Å². The van der Waals surface area contributed by atoms with Crippen LogP contribution in [0.4, 0.5) is 17.1 Å². The standard InChI is InChI=1S/C28H17BrCl2N4O6S2/c29-14-3-1-2-13(10-14)21-22-23(26(38)34(25(22)37)16-5-7-17(8-6-16)35(40)41)42-27-24(21)43-28(39)33(27)12-20(36)32-15-4-9-18(30)19(31)11-15/h1-11,21-23H,12H2,(H,32,36)/t21-,22-,23+/m0/s1. The molecular formula is C28H17BrCl2N4O6S2. The average molecular weight is 720 g/mol. The van der Waals surface area contributed by atoms with E-state index in [1.54, 1.807) is 12.1 Å². The summed E-state index contributed by atoms with van der Waals surface area (Å²) in [4.78, 5) is 65.9. The fraction of sp³-hybridized carbons (Fsp3) is 0.143. The molecule has 43 heavy (non-hydrogen) atoms. The lowest BCUT2D eigenvalue weighted by Crippen LogP contribution is -2.33. The van der Waals surface area contributed by atoms with Crippen LogP contribution in [0.1, 0.15) is 16.4 Å². The monoisotopic (exact) mass is 718 g/mol. The highest BCUT2D eigenvalue weighted by atomic mass is 79.9. The molecule has 218 valence electrons. The van der Waals surface area contributed by atoms with Crippen molar-refractivity contribution in [2.24, 2.45) is 5.92 Å². The lowest BCUT2D eigenvalue weighted by Gasteiger charge is -2.30. The van der Waals surface area contributed by atoms with Crippen LogP contribution < -0.4 is 15.1 Å². The van der Waals surface area contributed by atoms with E-state index in [1.807, 2.05) is 18.2 Å². The number of amides is 3. The van der Waals surface area contributed by atoms with Gasteiger partial charge in [-0.3, -0.25) is 33.9 Å². The summed E-state index contributed by atoms with van der Waals surface area (Å²) in [5.41, 5.74) is 1.15. The smallest absolute Gasteiger partial charge is 0.308 e. The number of benzene rings is 3. The van der Waals surface area contributed by atoms with Crippen molar-refractivity contribution in [2.45, 2.75) is 22.7 Å². The van der Waals surface area contributed by atoms with Crippen molar-refractivity contribution in [1.29, 1.82) is 0 Å². The Kier molecular flexibility index (Phi) is 7.94. The Bertz CT molecular complexity index is 1900. The Balaban J connectivity index is 1.39. The number of carbonyl (C=O) groups is 3. The summed E-state index contributed by atoms with van der Waals surface area (Å²) in [5, 5.41) is 14.0. The van der Waals surface area contributed by atoms with Crippen molar-refractivity contribution < 1.29 is 19.3 Å². The number of anilines is 2. The number of fused-ring (bicyclic) bond motifs is 2. The molecule has 0 unspecified atom stereocenters. The zero-order valence-electron chi connectivity index (χ0n) is 21.5. The molecule has 4 aromatic rings. The van der Waals surface area contributed by atoms with Crippen LogP contribution in [0.15, 0.2) is 81.0 Å². The molecule has 1 fully saturated rings. The second kappa shape index (κ2) is 11.5. The molecule has 10 nitrogen and oxygen atoms in total. The number of aromatic nitrogens is 1. The maximum Gasteiger partial charge on any atom is 0.308 e. The van der Waals surface area contributed by atoms with Gasteiger partial charge in [-0.2, -0.15) is 0 Å². The van der Waals surface area contributed by atoms with Crippen LogP contribution in [-0.2, 0) is 20.9 Å². The van der Waals surface area contributed by atoms with Crippen LogP contribution in [0.25, 0.3) is 0 Å². The third-order valence-corrected chi connectivity index (χ3v) is 10.9. The fourth-order valence-electron chi connectivity index (χ4n) is 5.21. The third-order valence-electron chi connectivity index (χ3n) is 7.08. The second-order valence-electron chi connectivity index (χ2n) is 9.68. The molecule has 3 heterocycles. The molecule has 0 saturated carbocycles. The van der Waals surface area contributed by atoms with Gasteiger partial charge >= 0.3 is 4.87 Å². The van der Waals surface area contributed by atoms with E-state index in [0.29, 0.717) is 26.2 Å². The molecule has 3 amide bonds. The second-order valence-corrected chi connectivity index (χ2v) is 13.5. The molecule has 1 N–H and O–H groups in total. The number of thioether (sulfide) groups is 1. The van der Waals surface area contributed by atoms with E-state index in [0.717, 1.165) is 32.5 Å². The molecule has 1 saturated heterocycles. The molecule has 0 spiro atoms. The summed E-state index contributed by atoms with van der Waals surface area (Å²) < 4.78 is 2.06. The van der Waals surface area contributed by atoms with Crippen LogP contribution in [-0.4, -0.2) is 32.5 Å². The van der Waals surface area contributed by atoms with Gasteiger partial charge < -0.3 is 5.32 Å². The predicted molar refractivity (Wildman–Crippen MR) is 168 cm³/mol. The van der Waals surface area contributed by atoms with Gasteiger partial charge in [0.25, 0.3) is 5.69 Å². The predicted octanol–water partition coefficient (Wildman–Crippen LogP) is 6.32. The van der Waals surface area contributed by atoms with E-state index in [1.165, 1.54) is 41.0 Å². The van der Waals surface area contributed by atoms with E-state index in [4.69, 9.17) is 23.2 Å². The van der Waals surface area contributed by atoms with Crippen molar-refractivity contribution in [3.63, 3.8) is 0 Å². The van der Waals surface area contributed by atoms with Gasteiger partial charge in [0.1, 0.15) is 11.8 Å². The average Bonchev–Trinajstić information content (AvgIpc) is 3.41. The Morgan fingerprint density at radius 3 is 2.42 bits per heavy atom. The quantitative estimate of drug-likeness (QED) is 0.140. The third kappa shape index (κ3) is 5.40. The summed E-state index contributed by atoms with van der Waals surface area (Å²) in [5.74, 6) is -2.99. The minimum absolute atomic E-state index is 0.174. The van der Waals surface area contributed by atoms with Gasteiger partial charge in [0.15, 0.2) is 0 Å². The molecule has 15 heteroatoms. The maximum atomic E-state index is 14.0. The number of nitro groups is 1. The van der Waals surface area contributed by atoms with Crippen molar-refractivity contribution >= 4 is 97.0 Å². The number of nitrogens with zero attached hydrogens (tertiary/aromatic N) is 3. The normalized spacial score (nSPS) is 19.2. The zero-order chi connectivity index (χ0) is 30.6. The molecule has 0 bridgehead atoms. The van der Waals surface area contributed by atoms with Crippen molar-refractivity contribution in [3.05, 3.63) is 111 Å². The van der Waals surface area contributed by atoms with Crippen LogP contribution >= 0.6 is 62.2 Å². The first-order valence-corrected chi connectivity index (χ1v) is 15.8. The molecule has 2 aliphatic heterocycles. The topological polar surface area (TPSA) is 132 Å². The van der Waals surface area contributed by atoms with Gasteiger partial charge in [0.2, 0.25) is 17.7 Å². The summed E-state index contributed by atoms with van der Waals surface area (Å²) in [6.07, 6.45) is 0. The summed E-state index contributed by atoms with van der Waals surface area (Å²) in [6, 6.07) is 17.1. The van der Waals surface area contributed by atoms with E-state index in [9.17, 15) is 29.3 Å². The van der Waals surface area contributed by atoms with Crippen molar-refractivity contribution in [3.8, 4) is 0 Å². The number of halogens is 3. The first-order chi connectivity index (χ1) is 20.5. The van der Waals surface area contributed by atoms with E-state index < -0.39 is 44.6 Å². The number of nitrogens with one attached hydrogen (secondary N) is 1. The van der Waals surface area contributed by atoms with E-state index in [-0.39, 0.29) is 22.9 Å². The molecule has 3 aromatic carbocycles. The minimum Gasteiger partial charge on any atom is -0.324 e. The number of hydrogen-bond donors (Lipinski definition) is 1. The number of carbonyl (C=O) groups excluding carboxylic acids is 3. The summed E-state index contributed by atoms with van der Waals surface area (Å²) >= 11 is 17.5. The van der Waals surface area contributed by atoms with Gasteiger partial charge in [0.05, 0.1) is 31.6 Å². The Morgan fingerprint density at radius 2 is 1.74 bits per heavy atom. The number of hydrogen-bond acceptors (Lipinski definition) is 8. The van der Waals surface area contributed by atoms with Crippen molar-refractivity contribution in [1.82, 2.24) is 4.57 Å². The van der Waals surface area contributed by atoms with E-state index in [2.05, 4.69) is 21.2 Å². The lowest BCUT2D eigenvalue weighted by molar-refractivity contribution is -0.384. The minimum atomic E-state index is -0.905. The van der Waals surface area contributed by atoms with Crippen LogP contribution in [0, 0.1) is 16.0 Å². The maximum absolute atomic E-state index is 14.0. The van der Waals surface area contributed by atoms with Crippen molar-refractivity contribution in [2.75, 3.05) is 10.2 Å². The first kappa shape index (κ1) is 29.6. The molecular weight excluding hydrogens is 703 g/mol. The van der Waals surface area contributed by atoms with Gasteiger partial charge in [-0.15, -0.1) is 0 Å². The van der Waals surface area contributed by atoms with Gasteiger partial charge in [-0.25, -0.2) is 4.90 Å². The fourth-order valence-corrected chi connectivity index (χ4v) is 8.70. The Hall–Kier alpha value is -3.49. The highest BCUT2D eigenvalue weighted by molar-refractivity contribution is 9.10. The highest BCUT2D eigenvalue weighted by Crippen LogP contribution is 2.54. The van der Waals surface area contributed by atoms with Crippen LogP contribution in [0.2, 0.25) is 10.0 Å². The number of thiazole rings is 1. The number of rotatable bonds is 6. The molecule has 0 aliphatic carbocycles. The number of non-ortho nitro benzene ring substituents is 1. The van der Waals surface area contributed by atoms with Crippen LogP contribution in [0.5, 0.6) is 0 Å². The number of imide groups is 1. The highest BCUT2D eigenvalue weighted by Gasteiger charge is 2.56. The SMILES string of the molecule is O=C(Cn1c2c(sc1=O)[C@@H](c1cccc(Br)c1)[C@@H]1C(=O)N(c3ccc([N+](=O)[O-])cc3)C(=O)[C@@H]1S2)Nc1ccc(Cl)c(Cl)c1. The van der Waals surface area contributed by atoms with Gasteiger partial charge in [-0.05, 0) is 48.0 Å². The molecule has 0 radical (unpaired) electrons. The first-order valence-electron chi connectivity index (χ1n) is 12.6. The Morgan fingerprint density at radius 1 is 1.00 bits per heavy atom. The number of nitro benzene ring substituents is 1. The summed E-state index contributed by atoms with van der Waals surface area (Å²) in [6.45, 7) is -0.339. The lowest BCUT2D eigenvalue weighted by atomic mass is 9.83.